The molecule has 0 radical (unpaired) electrons. The average molecular weight is 384 g/mol. The van der Waals surface area contributed by atoms with Crippen molar-refractivity contribution in [3.63, 3.8) is 0 Å². The fraction of sp³-hybridized carbons (Fsp3) is 0.143. The van der Waals surface area contributed by atoms with Gasteiger partial charge < -0.3 is 4.18 Å². The molecule has 0 fully saturated rings. The summed E-state index contributed by atoms with van der Waals surface area (Å²) in [6.45, 7) is 0. The summed E-state index contributed by atoms with van der Waals surface area (Å²) in [5.74, 6) is -0.0825. The van der Waals surface area contributed by atoms with Gasteiger partial charge in [-0.2, -0.15) is 13.6 Å². The molecule has 0 atom stereocenters. The topological polar surface area (TPSA) is 131 Å². The Balaban J connectivity index is 2.26. The maximum absolute atomic E-state index is 12.6. The van der Waals surface area contributed by atoms with Gasteiger partial charge in [0.25, 0.3) is 0 Å². The molecular weight excluding hydrogens is 368 g/mol. The number of benzene rings is 2. The van der Waals surface area contributed by atoms with Gasteiger partial charge in [0.05, 0.1) is 15.5 Å². The summed E-state index contributed by atoms with van der Waals surface area (Å²) in [6, 6.07) is 10.7. The van der Waals surface area contributed by atoms with Crippen molar-refractivity contribution in [2.75, 3.05) is 14.1 Å². The van der Waals surface area contributed by atoms with E-state index in [1.807, 2.05) is 0 Å². The summed E-state index contributed by atoms with van der Waals surface area (Å²) < 4.78 is 51.3. The average Bonchev–Trinajstić information content (AvgIpc) is 2.52. The smallest absolute Gasteiger partial charge is 0.371 e. The monoisotopic (exact) mass is 384 g/mol. The molecule has 0 amide bonds. The Labute approximate surface area is 145 Å². The number of hydrogen-bond acceptors (Lipinski definition) is 7. The van der Waals surface area contributed by atoms with Gasteiger partial charge in [0.1, 0.15) is 5.75 Å². The van der Waals surface area contributed by atoms with Crippen LogP contribution in [-0.2, 0) is 20.1 Å². The van der Waals surface area contributed by atoms with E-state index in [2.05, 4.69) is 14.5 Å². The molecule has 2 aromatic carbocycles. The van der Waals surface area contributed by atoms with Crippen LogP contribution in [0.4, 0.5) is 5.69 Å². The maximum Gasteiger partial charge on any atom is 0.380 e. The van der Waals surface area contributed by atoms with E-state index in [1.165, 1.54) is 53.5 Å². The molecule has 134 valence electrons. The van der Waals surface area contributed by atoms with Crippen molar-refractivity contribution in [3.05, 3.63) is 48.5 Å². The number of rotatable bonds is 6. The zero-order chi connectivity index (χ0) is 18.7. The molecule has 0 aliphatic heterocycles. The zero-order valence-electron chi connectivity index (χ0n) is 13.4. The van der Waals surface area contributed by atoms with Gasteiger partial charge in [-0.1, -0.05) is 5.22 Å². The minimum Gasteiger partial charge on any atom is -0.371 e. The highest BCUT2D eigenvalue weighted by Crippen LogP contribution is 2.25. The van der Waals surface area contributed by atoms with Crippen LogP contribution in [0.3, 0.4) is 0 Å². The number of nitrogens with two attached hydrogens (primary N) is 1. The summed E-state index contributed by atoms with van der Waals surface area (Å²) in [5.41, 5.74) is 0.504. The van der Waals surface area contributed by atoms with Crippen LogP contribution in [0.15, 0.2) is 68.7 Å². The first-order chi connectivity index (χ1) is 11.6. The van der Waals surface area contributed by atoms with Crippen LogP contribution in [-0.4, -0.2) is 35.9 Å². The third-order valence-electron chi connectivity index (χ3n) is 2.83. The van der Waals surface area contributed by atoms with Gasteiger partial charge in [0.15, 0.2) is 0 Å². The minimum absolute atomic E-state index is 0.0167. The molecule has 2 N–H and O–H groups in total. The Morgan fingerprint density at radius 1 is 0.880 bits per heavy atom. The van der Waals surface area contributed by atoms with Gasteiger partial charge in [-0.15, -0.1) is 5.11 Å². The van der Waals surface area contributed by atoms with E-state index in [1.54, 1.807) is 14.1 Å². The third-order valence-corrected chi connectivity index (χ3v) is 5.04. The highest BCUT2D eigenvalue weighted by molar-refractivity contribution is 7.91. The van der Waals surface area contributed by atoms with Crippen LogP contribution in [0.5, 0.6) is 5.75 Å². The van der Waals surface area contributed by atoms with Gasteiger partial charge in [-0.25, -0.2) is 8.42 Å². The van der Waals surface area contributed by atoms with Crippen LogP contribution in [0.2, 0.25) is 0 Å². The molecule has 0 saturated carbocycles. The lowest BCUT2D eigenvalue weighted by Crippen LogP contribution is -2.18. The summed E-state index contributed by atoms with van der Waals surface area (Å²) >= 11 is 0. The van der Waals surface area contributed by atoms with E-state index in [-0.39, 0.29) is 15.5 Å². The SMILES string of the molecule is CN(C)N=Nc1ccc(S(=O)(=O)c2ccc(OS(N)(=O)=O)cc2)cc1. The molecule has 0 spiro atoms. The molecule has 9 nitrogen and oxygen atoms in total. The normalized spacial score (nSPS) is 12.3. The molecule has 11 heteroatoms. The Bertz CT molecular complexity index is 967. The largest absolute Gasteiger partial charge is 0.380 e. The molecule has 0 saturated heterocycles. The van der Waals surface area contributed by atoms with Crippen LogP contribution in [0.1, 0.15) is 0 Å². The summed E-state index contributed by atoms with van der Waals surface area (Å²) in [4.78, 5) is 0.0494. The molecule has 0 heterocycles. The van der Waals surface area contributed by atoms with Crippen molar-refractivity contribution in [3.8, 4) is 5.75 Å². The van der Waals surface area contributed by atoms with Crippen molar-refractivity contribution < 1.29 is 21.0 Å². The zero-order valence-corrected chi connectivity index (χ0v) is 15.0. The van der Waals surface area contributed by atoms with Crippen molar-refractivity contribution in [1.29, 1.82) is 0 Å². The van der Waals surface area contributed by atoms with Crippen molar-refractivity contribution in [1.82, 2.24) is 5.01 Å². The second-order valence-corrected chi connectivity index (χ2v) is 8.18. The second kappa shape index (κ2) is 7.17. The van der Waals surface area contributed by atoms with Crippen molar-refractivity contribution in [2.45, 2.75) is 9.79 Å². The number of nitrogens with zero attached hydrogens (tertiary/aromatic N) is 3. The van der Waals surface area contributed by atoms with Crippen molar-refractivity contribution in [2.24, 2.45) is 15.5 Å². The van der Waals surface area contributed by atoms with Gasteiger partial charge in [0, 0.05) is 14.1 Å². The third kappa shape index (κ3) is 5.24. The van der Waals surface area contributed by atoms with E-state index in [4.69, 9.17) is 5.14 Å². The van der Waals surface area contributed by atoms with Gasteiger partial charge in [0.2, 0.25) is 9.84 Å². The maximum atomic E-state index is 12.6. The second-order valence-electron chi connectivity index (χ2n) is 5.08. The van der Waals surface area contributed by atoms with Crippen LogP contribution < -0.4 is 9.32 Å². The molecule has 0 bridgehead atoms. The predicted molar refractivity (Wildman–Crippen MR) is 90.3 cm³/mol. The molecule has 2 aromatic rings. The van der Waals surface area contributed by atoms with E-state index in [0.29, 0.717) is 5.69 Å². The van der Waals surface area contributed by atoms with Crippen LogP contribution >= 0.6 is 0 Å². The number of sulfone groups is 1. The summed E-state index contributed by atoms with van der Waals surface area (Å²) in [6.07, 6.45) is 0. The van der Waals surface area contributed by atoms with E-state index in [0.717, 1.165) is 0 Å². The molecule has 0 unspecified atom stereocenters. The molecular formula is C14H16N4O5S2. The Kier molecular flexibility index (Phi) is 5.40. The molecule has 0 aliphatic carbocycles. The minimum atomic E-state index is -4.17. The number of hydrogen-bond donors (Lipinski definition) is 1. The van der Waals surface area contributed by atoms with Gasteiger partial charge >= 0.3 is 10.3 Å². The Morgan fingerprint density at radius 3 is 1.80 bits per heavy atom. The van der Waals surface area contributed by atoms with E-state index >= 15 is 0 Å². The molecule has 2 rings (SSSR count). The van der Waals surface area contributed by atoms with E-state index in [9.17, 15) is 16.8 Å². The van der Waals surface area contributed by atoms with Crippen molar-refractivity contribution >= 4 is 25.8 Å². The quantitative estimate of drug-likeness (QED) is 0.595. The summed E-state index contributed by atoms with van der Waals surface area (Å²) in [5, 5.41) is 14.0. The molecule has 0 aliphatic rings. The first-order valence-electron chi connectivity index (χ1n) is 6.84. The first kappa shape index (κ1) is 18.8. The molecule has 0 aromatic heterocycles. The van der Waals surface area contributed by atoms with Gasteiger partial charge in [-0.05, 0) is 48.5 Å². The highest BCUT2D eigenvalue weighted by Gasteiger charge is 2.18. The summed E-state index contributed by atoms with van der Waals surface area (Å²) in [7, 11) is -4.50. The fourth-order valence-electron chi connectivity index (χ4n) is 1.78. The lowest BCUT2D eigenvalue weighted by Gasteiger charge is -2.07. The Morgan fingerprint density at radius 2 is 1.36 bits per heavy atom. The van der Waals surface area contributed by atoms with E-state index < -0.39 is 20.1 Å². The molecule has 25 heavy (non-hydrogen) atoms. The first-order valence-corrected chi connectivity index (χ1v) is 9.80. The fourth-order valence-corrected chi connectivity index (χ4v) is 3.42. The van der Waals surface area contributed by atoms with Gasteiger partial charge in [-0.3, -0.25) is 5.01 Å². The standard InChI is InChI=1S/C14H16N4O5S2/c1-18(2)17-16-11-3-7-13(8-4-11)24(19,20)14-9-5-12(6-10-14)23-25(15,21)22/h3-10H,1-2H3,(H2,15,21,22). The van der Waals surface area contributed by atoms with Crippen LogP contribution in [0.25, 0.3) is 0 Å². The highest BCUT2D eigenvalue weighted by atomic mass is 32.2. The lowest BCUT2D eigenvalue weighted by molar-refractivity contribution is 0.408. The van der Waals surface area contributed by atoms with Crippen LogP contribution in [0, 0.1) is 0 Å². The lowest BCUT2D eigenvalue weighted by atomic mass is 10.3. The predicted octanol–water partition coefficient (Wildman–Crippen LogP) is 1.66. The Hall–Kier alpha value is -2.50.